The first kappa shape index (κ1) is 19.7. The number of nitrogens with one attached hydrogen (secondary N) is 3. The van der Waals surface area contributed by atoms with Crippen molar-refractivity contribution in [3.8, 4) is 0 Å². The molecule has 0 saturated heterocycles. The molecule has 2 amide bonds. The van der Waals surface area contributed by atoms with Crippen molar-refractivity contribution in [2.45, 2.75) is 10.9 Å². The van der Waals surface area contributed by atoms with Gasteiger partial charge in [-0.05, 0) is 35.9 Å². The number of hydrogen-bond acceptors (Lipinski definition) is 4. The van der Waals surface area contributed by atoms with Crippen LogP contribution in [0.4, 0.5) is 4.39 Å². The highest BCUT2D eigenvalue weighted by atomic mass is 32.2. The number of aromatic amines is 1. The van der Waals surface area contributed by atoms with Crippen LogP contribution in [0.1, 0.15) is 26.3 Å². The number of hydrogen-bond donors (Lipinski definition) is 3. The van der Waals surface area contributed by atoms with Gasteiger partial charge in [-0.2, -0.15) is 0 Å². The maximum Gasteiger partial charge on any atom is 0.272 e. The Bertz CT molecular complexity index is 1190. The van der Waals surface area contributed by atoms with Gasteiger partial charge in [-0.15, -0.1) is 0 Å². The lowest BCUT2D eigenvalue weighted by Crippen LogP contribution is -2.42. The van der Waals surface area contributed by atoms with E-state index in [0.29, 0.717) is 11.3 Å². The topological polar surface area (TPSA) is 86.9 Å². The number of halogens is 1. The third-order valence-electron chi connectivity index (χ3n) is 4.40. The molecule has 150 valence electrons. The zero-order valence-electron chi connectivity index (χ0n) is 15.7. The Morgan fingerprint density at radius 3 is 2.27 bits per heavy atom. The van der Waals surface area contributed by atoms with Gasteiger partial charge in [0.05, 0.1) is 16.6 Å². The van der Waals surface area contributed by atoms with Gasteiger partial charge in [0.2, 0.25) is 0 Å². The largest absolute Gasteiger partial charge is 0.333 e. The summed E-state index contributed by atoms with van der Waals surface area (Å²) in [6, 6.07) is 20.4. The third-order valence-corrected chi connectivity index (χ3v) is 5.32. The molecule has 0 radical (unpaired) electrons. The van der Waals surface area contributed by atoms with Gasteiger partial charge < -0.3 is 4.98 Å². The maximum atomic E-state index is 13.7. The second-order valence-corrected chi connectivity index (χ2v) is 7.36. The van der Waals surface area contributed by atoms with Gasteiger partial charge in [0.15, 0.2) is 5.16 Å². The average Bonchev–Trinajstić information content (AvgIpc) is 3.19. The van der Waals surface area contributed by atoms with Gasteiger partial charge in [0, 0.05) is 11.3 Å². The lowest BCUT2D eigenvalue weighted by atomic mass is 10.1. The number of nitrogens with zero attached hydrogens (tertiary/aromatic N) is 1. The number of carbonyl (C=O) groups excluding carboxylic acids is 2. The van der Waals surface area contributed by atoms with Crippen LogP contribution in [0, 0.1) is 5.82 Å². The third kappa shape index (κ3) is 4.33. The molecule has 0 aliphatic heterocycles. The lowest BCUT2D eigenvalue weighted by Gasteiger charge is -2.11. The van der Waals surface area contributed by atoms with Crippen LogP contribution in [0.15, 0.2) is 78.0 Å². The molecule has 1 heterocycles. The number of benzene rings is 3. The summed E-state index contributed by atoms with van der Waals surface area (Å²) in [5.74, 6) is -1.37. The summed E-state index contributed by atoms with van der Waals surface area (Å²) in [6.45, 7) is 0. The lowest BCUT2D eigenvalue weighted by molar-refractivity contribution is 0.0844. The molecule has 4 rings (SSSR count). The van der Waals surface area contributed by atoms with Crippen molar-refractivity contribution >= 4 is 34.6 Å². The molecular weight excluding hydrogens is 403 g/mol. The quantitative estimate of drug-likeness (QED) is 0.336. The molecule has 6 nitrogen and oxygen atoms in total. The Hall–Kier alpha value is -3.65. The summed E-state index contributed by atoms with van der Waals surface area (Å²) < 4.78 is 13.7. The summed E-state index contributed by atoms with van der Waals surface area (Å²) in [5.41, 5.74) is 7.47. The minimum Gasteiger partial charge on any atom is -0.333 e. The average molecular weight is 420 g/mol. The highest BCUT2D eigenvalue weighted by Gasteiger charge is 2.15. The molecule has 8 heteroatoms. The molecule has 0 aliphatic rings. The minimum atomic E-state index is -0.726. The molecule has 0 unspecified atom stereocenters. The van der Waals surface area contributed by atoms with Gasteiger partial charge >= 0.3 is 0 Å². The Kier molecular flexibility index (Phi) is 5.76. The first-order valence-corrected chi connectivity index (χ1v) is 10.1. The molecule has 0 fully saturated rings. The van der Waals surface area contributed by atoms with Gasteiger partial charge in [-0.25, -0.2) is 9.37 Å². The fourth-order valence-electron chi connectivity index (χ4n) is 2.91. The van der Waals surface area contributed by atoms with Crippen molar-refractivity contribution in [1.82, 2.24) is 20.8 Å². The van der Waals surface area contributed by atoms with Crippen molar-refractivity contribution in [2.75, 3.05) is 0 Å². The molecule has 0 aliphatic carbocycles. The van der Waals surface area contributed by atoms with Crippen LogP contribution in [0.2, 0.25) is 0 Å². The SMILES string of the molecule is O=C(NNC(=O)c1ccccc1CSc1nc2ccccc2[nH]1)c1ccccc1F. The van der Waals surface area contributed by atoms with E-state index in [0.717, 1.165) is 21.8 Å². The molecule has 0 bridgehead atoms. The molecule has 30 heavy (non-hydrogen) atoms. The van der Waals surface area contributed by atoms with Gasteiger partial charge in [-0.1, -0.05) is 54.2 Å². The van der Waals surface area contributed by atoms with E-state index in [9.17, 15) is 14.0 Å². The monoisotopic (exact) mass is 420 g/mol. The van der Waals surface area contributed by atoms with Gasteiger partial charge in [0.1, 0.15) is 5.82 Å². The number of H-pyrrole nitrogens is 1. The zero-order valence-corrected chi connectivity index (χ0v) is 16.5. The molecule has 0 saturated carbocycles. The van der Waals surface area contributed by atoms with Crippen LogP contribution in [-0.2, 0) is 5.75 Å². The normalized spacial score (nSPS) is 10.7. The molecule has 0 spiro atoms. The minimum absolute atomic E-state index is 0.147. The van der Waals surface area contributed by atoms with Crippen molar-refractivity contribution in [1.29, 1.82) is 0 Å². The first-order valence-electron chi connectivity index (χ1n) is 9.12. The van der Waals surface area contributed by atoms with E-state index in [2.05, 4.69) is 20.8 Å². The van der Waals surface area contributed by atoms with Crippen molar-refractivity contribution in [3.63, 3.8) is 0 Å². The Morgan fingerprint density at radius 1 is 0.867 bits per heavy atom. The predicted octanol–water partition coefficient (Wildman–Crippen LogP) is 4.07. The number of carbonyl (C=O) groups is 2. The van der Waals surface area contributed by atoms with Crippen molar-refractivity contribution in [2.24, 2.45) is 0 Å². The fourth-order valence-corrected chi connectivity index (χ4v) is 3.79. The van der Waals surface area contributed by atoms with Gasteiger partial charge in [0.25, 0.3) is 11.8 Å². The number of imidazole rings is 1. The standard InChI is InChI=1S/C22H17FN4O2S/c23-17-10-4-3-9-16(17)21(29)27-26-20(28)15-8-2-1-7-14(15)13-30-22-24-18-11-5-6-12-19(18)25-22/h1-12H,13H2,(H,24,25)(H,26,28)(H,27,29). The zero-order chi connectivity index (χ0) is 20.9. The first-order chi connectivity index (χ1) is 14.6. The number of para-hydroxylation sites is 2. The number of amides is 2. The van der Waals surface area contributed by atoms with E-state index in [1.165, 1.54) is 30.0 Å². The van der Waals surface area contributed by atoms with E-state index < -0.39 is 17.6 Å². The maximum absolute atomic E-state index is 13.7. The van der Waals surface area contributed by atoms with Crippen LogP contribution in [0.3, 0.4) is 0 Å². The van der Waals surface area contributed by atoms with Crippen LogP contribution in [-0.4, -0.2) is 21.8 Å². The summed E-state index contributed by atoms with van der Waals surface area (Å²) >= 11 is 1.47. The highest BCUT2D eigenvalue weighted by molar-refractivity contribution is 7.98. The van der Waals surface area contributed by atoms with Crippen LogP contribution < -0.4 is 10.9 Å². The number of rotatable bonds is 5. The summed E-state index contributed by atoms with van der Waals surface area (Å²) in [5, 5.41) is 0.749. The van der Waals surface area contributed by atoms with E-state index >= 15 is 0 Å². The smallest absolute Gasteiger partial charge is 0.272 e. The summed E-state index contributed by atoms with van der Waals surface area (Å²) in [4.78, 5) is 32.4. The number of aromatic nitrogens is 2. The Labute approximate surface area is 175 Å². The molecular formula is C22H17FN4O2S. The Balaban J connectivity index is 1.42. The predicted molar refractivity (Wildman–Crippen MR) is 113 cm³/mol. The van der Waals surface area contributed by atoms with E-state index in [4.69, 9.17) is 0 Å². The molecule has 4 aromatic rings. The van der Waals surface area contributed by atoms with Crippen LogP contribution in [0.25, 0.3) is 11.0 Å². The molecule has 1 aromatic heterocycles. The molecule has 3 N–H and O–H groups in total. The second-order valence-electron chi connectivity index (χ2n) is 6.39. The Morgan fingerprint density at radius 2 is 1.50 bits per heavy atom. The molecule has 3 aromatic carbocycles. The van der Waals surface area contributed by atoms with E-state index in [1.54, 1.807) is 18.2 Å². The van der Waals surface area contributed by atoms with Crippen LogP contribution in [0.5, 0.6) is 0 Å². The number of hydrazine groups is 1. The van der Waals surface area contributed by atoms with Crippen LogP contribution >= 0.6 is 11.8 Å². The van der Waals surface area contributed by atoms with Gasteiger partial charge in [-0.3, -0.25) is 20.4 Å². The van der Waals surface area contributed by atoms with Crippen molar-refractivity contribution in [3.05, 3.63) is 95.3 Å². The van der Waals surface area contributed by atoms with Crippen molar-refractivity contribution < 1.29 is 14.0 Å². The van der Waals surface area contributed by atoms with E-state index in [1.807, 2.05) is 36.4 Å². The summed E-state index contributed by atoms with van der Waals surface area (Å²) in [6.07, 6.45) is 0. The van der Waals surface area contributed by atoms with E-state index in [-0.39, 0.29) is 5.56 Å². The molecule has 0 atom stereocenters. The second kappa shape index (κ2) is 8.79. The fraction of sp³-hybridized carbons (Fsp3) is 0.0455. The number of fused-ring (bicyclic) bond motifs is 1. The highest BCUT2D eigenvalue weighted by Crippen LogP contribution is 2.24. The summed E-state index contributed by atoms with van der Waals surface area (Å²) in [7, 11) is 0. The number of thioether (sulfide) groups is 1.